The van der Waals surface area contributed by atoms with Gasteiger partial charge in [0.25, 0.3) is 0 Å². The first-order valence-electron chi connectivity index (χ1n) is 5.95. The molecule has 2 aromatic heterocycles. The summed E-state index contributed by atoms with van der Waals surface area (Å²) >= 11 is 5.35. The van der Waals surface area contributed by atoms with Crippen LogP contribution >= 0.6 is 27.3 Å². The van der Waals surface area contributed by atoms with Crippen LogP contribution in [0, 0.1) is 0 Å². The van der Waals surface area contributed by atoms with Gasteiger partial charge in [0.2, 0.25) is 0 Å². The van der Waals surface area contributed by atoms with Crippen LogP contribution < -0.4 is 0 Å². The van der Waals surface area contributed by atoms with Gasteiger partial charge < -0.3 is 0 Å². The lowest BCUT2D eigenvalue weighted by atomic mass is 10.2. The molecule has 92 valence electrons. The van der Waals surface area contributed by atoms with E-state index in [1.807, 2.05) is 18.2 Å². The number of para-hydroxylation sites is 1. The average molecular weight is 329 g/mol. The molecule has 0 bridgehead atoms. The van der Waals surface area contributed by atoms with Crippen molar-refractivity contribution in [2.45, 2.75) is 0 Å². The van der Waals surface area contributed by atoms with Gasteiger partial charge in [-0.3, -0.25) is 4.40 Å². The lowest BCUT2D eigenvalue weighted by molar-refractivity contribution is 1.16. The molecule has 2 aromatic carbocycles. The van der Waals surface area contributed by atoms with E-state index in [2.05, 4.69) is 61.7 Å². The lowest BCUT2D eigenvalue weighted by Gasteiger charge is -1.94. The van der Waals surface area contributed by atoms with Crippen LogP contribution in [-0.4, -0.2) is 9.38 Å². The zero-order chi connectivity index (χ0) is 12.8. The van der Waals surface area contributed by atoms with Crippen molar-refractivity contribution in [3.63, 3.8) is 0 Å². The third-order valence-electron chi connectivity index (χ3n) is 3.15. The Labute approximate surface area is 122 Å². The second-order valence-corrected chi connectivity index (χ2v) is 6.05. The van der Waals surface area contributed by atoms with Crippen LogP contribution in [0.3, 0.4) is 0 Å². The van der Waals surface area contributed by atoms with Gasteiger partial charge in [0.15, 0.2) is 4.73 Å². The number of fused-ring (bicyclic) bond motifs is 3. The summed E-state index contributed by atoms with van der Waals surface area (Å²) in [6, 6.07) is 18.7. The molecule has 2 heterocycles. The third kappa shape index (κ3) is 1.64. The Hall–Kier alpha value is -1.65. The highest BCUT2D eigenvalue weighted by Gasteiger charge is 2.15. The van der Waals surface area contributed by atoms with Crippen LogP contribution in [0.4, 0.5) is 0 Å². The quantitative estimate of drug-likeness (QED) is 0.481. The molecular weight excluding hydrogens is 320 g/mol. The number of halogens is 1. The molecule has 0 saturated carbocycles. The summed E-state index contributed by atoms with van der Waals surface area (Å²) in [6.45, 7) is 0. The number of imidazole rings is 1. The van der Waals surface area contributed by atoms with Crippen LogP contribution in [0.25, 0.3) is 26.3 Å². The topological polar surface area (TPSA) is 17.3 Å². The Morgan fingerprint density at radius 3 is 2.53 bits per heavy atom. The summed E-state index contributed by atoms with van der Waals surface area (Å²) in [4.78, 5) is 5.84. The summed E-state index contributed by atoms with van der Waals surface area (Å²) in [6.07, 6.45) is 0. The van der Waals surface area contributed by atoms with Crippen molar-refractivity contribution in [2.75, 3.05) is 0 Å². The van der Waals surface area contributed by atoms with Gasteiger partial charge in [0, 0.05) is 5.56 Å². The second-order valence-electron chi connectivity index (χ2n) is 4.31. The smallest absolute Gasteiger partial charge is 0.183 e. The van der Waals surface area contributed by atoms with E-state index in [0.29, 0.717) is 0 Å². The minimum Gasteiger partial charge on any atom is -0.277 e. The van der Waals surface area contributed by atoms with Gasteiger partial charge in [-0.15, -0.1) is 11.3 Å². The predicted octanol–water partition coefficient (Wildman–Crippen LogP) is 4.98. The molecule has 4 heteroatoms. The first kappa shape index (κ1) is 11.2. The maximum absolute atomic E-state index is 4.66. The molecule has 0 fully saturated rings. The number of aromatic nitrogens is 2. The fraction of sp³-hybridized carbons (Fsp3) is 0. The van der Waals surface area contributed by atoms with Crippen LogP contribution in [0.5, 0.6) is 0 Å². The number of nitrogens with zero attached hydrogens (tertiary/aromatic N) is 2. The molecule has 0 radical (unpaired) electrons. The minimum atomic E-state index is 0.860. The van der Waals surface area contributed by atoms with E-state index in [1.165, 1.54) is 15.0 Å². The van der Waals surface area contributed by atoms with Crippen LogP contribution in [0.1, 0.15) is 0 Å². The molecule has 0 saturated heterocycles. The van der Waals surface area contributed by atoms with Crippen molar-refractivity contribution in [1.29, 1.82) is 0 Å². The first-order chi connectivity index (χ1) is 9.34. The highest BCUT2D eigenvalue weighted by Crippen LogP contribution is 2.36. The summed E-state index contributed by atoms with van der Waals surface area (Å²) in [7, 11) is 0. The molecule has 2 nitrogen and oxygen atoms in total. The van der Waals surface area contributed by atoms with Gasteiger partial charge >= 0.3 is 0 Å². The molecule has 4 rings (SSSR count). The van der Waals surface area contributed by atoms with Gasteiger partial charge in [-0.05, 0) is 28.1 Å². The van der Waals surface area contributed by atoms with E-state index in [1.54, 1.807) is 11.3 Å². The first-order valence-corrected chi connectivity index (χ1v) is 7.56. The fourth-order valence-electron chi connectivity index (χ4n) is 2.30. The number of rotatable bonds is 1. The number of benzene rings is 2. The van der Waals surface area contributed by atoms with Gasteiger partial charge in [-0.25, -0.2) is 4.98 Å². The van der Waals surface area contributed by atoms with Crippen molar-refractivity contribution in [3.8, 4) is 11.3 Å². The molecule has 0 N–H and O–H groups in total. The molecule has 19 heavy (non-hydrogen) atoms. The maximum Gasteiger partial charge on any atom is 0.183 e. The number of thiazole rings is 1. The van der Waals surface area contributed by atoms with Gasteiger partial charge in [-0.2, -0.15) is 0 Å². The zero-order valence-electron chi connectivity index (χ0n) is 9.88. The van der Waals surface area contributed by atoms with E-state index in [-0.39, 0.29) is 0 Å². The van der Waals surface area contributed by atoms with Crippen LogP contribution in [-0.2, 0) is 0 Å². The molecule has 0 amide bonds. The highest BCUT2D eigenvalue weighted by molar-refractivity contribution is 9.10. The fourth-order valence-corrected chi connectivity index (χ4v) is 4.12. The Kier molecular flexibility index (Phi) is 2.47. The normalized spacial score (nSPS) is 11.4. The van der Waals surface area contributed by atoms with Gasteiger partial charge in [0.1, 0.15) is 10.5 Å². The summed E-state index contributed by atoms with van der Waals surface area (Å²) in [5.41, 5.74) is 3.38. The van der Waals surface area contributed by atoms with E-state index >= 15 is 0 Å². The van der Waals surface area contributed by atoms with E-state index in [4.69, 9.17) is 0 Å². The Bertz CT molecular complexity index is 877. The molecule has 0 aliphatic rings. The monoisotopic (exact) mass is 328 g/mol. The van der Waals surface area contributed by atoms with Gasteiger partial charge in [0.05, 0.1) is 10.2 Å². The van der Waals surface area contributed by atoms with Crippen molar-refractivity contribution >= 4 is 42.3 Å². The Balaban J connectivity index is 2.13. The predicted molar refractivity (Wildman–Crippen MR) is 83.7 cm³/mol. The van der Waals surface area contributed by atoms with Crippen LogP contribution in [0.2, 0.25) is 0 Å². The largest absolute Gasteiger partial charge is 0.277 e. The lowest BCUT2D eigenvalue weighted by Crippen LogP contribution is -1.79. The highest BCUT2D eigenvalue weighted by atomic mass is 79.9. The van der Waals surface area contributed by atoms with Gasteiger partial charge in [-0.1, -0.05) is 42.5 Å². The average Bonchev–Trinajstić information content (AvgIpc) is 2.98. The number of hydrogen-bond donors (Lipinski definition) is 0. The van der Waals surface area contributed by atoms with E-state index < -0.39 is 0 Å². The molecule has 0 aliphatic carbocycles. The van der Waals surface area contributed by atoms with Crippen molar-refractivity contribution in [1.82, 2.24) is 9.38 Å². The molecule has 0 unspecified atom stereocenters. The zero-order valence-corrected chi connectivity index (χ0v) is 12.3. The van der Waals surface area contributed by atoms with Crippen LogP contribution in [0.15, 0.2) is 59.3 Å². The summed E-state index contributed by atoms with van der Waals surface area (Å²) in [5, 5.41) is 0. The SMILES string of the molecule is Brc1nc(-c2ccccc2)c2sc3ccccc3n12. The standard InChI is InChI=1S/C15H9BrN2S/c16-15-17-13(10-6-2-1-3-7-10)14-18(15)11-8-4-5-9-12(11)19-14/h1-9H. The van der Waals surface area contributed by atoms with E-state index in [9.17, 15) is 0 Å². The number of hydrogen-bond acceptors (Lipinski definition) is 2. The van der Waals surface area contributed by atoms with Crippen molar-refractivity contribution < 1.29 is 0 Å². The molecule has 4 aromatic rings. The van der Waals surface area contributed by atoms with Crippen molar-refractivity contribution in [2.24, 2.45) is 0 Å². The molecule has 0 spiro atoms. The molecule has 0 atom stereocenters. The molecular formula is C15H9BrN2S. The Morgan fingerprint density at radius 1 is 0.947 bits per heavy atom. The van der Waals surface area contributed by atoms with E-state index in [0.717, 1.165) is 16.0 Å². The van der Waals surface area contributed by atoms with Crippen molar-refractivity contribution in [3.05, 3.63) is 59.3 Å². The minimum absolute atomic E-state index is 0.860. The Morgan fingerprint density at radius 2 is 1.68 bits per heavy atom. The maximum atomic E-state index is 4.66. The summed E-state index contributed by atoms with van der Waals surface area (Å²) in [5.74, 6) is 0. The summed E-state index contributed by atoms with van der Waals surface area (Å²) < 4.78 is 4.30. The second kappa shape index (κ2) is 4.18. The molecule has 0 aliphatic heterocycles. The third-order valence-corrected chi connectivity index (χ3v) is 4.82.